The second kappa shape index (κ2) is 14.3. The van der Waals surface area contributed by atoms with E-state index in [4.69, 9.17) is 21.1 Å². The number of hydrogen-bond acceptors (Lipinski definition) is 6. The first-order valence-electron chi connectivity index (χ1n) is 14.6. The van der Waals surface area contributed by atoms with Crippen molar-refractivity contribution in [1.29, 1.82) is 0 Å². The quantitative estimate of drug-likeness (QED) is 0.291. The van der Waals surface area contributed by atoms with Gasteiger partial charge in [-0.3, -0.25) is 13.9 Å². The summed E-state index contributed by atoms with van der Waals surface area (Å²) in [5.41, 5.74) is 1.64. The molecule has 2 amide bonds. The molecule has 1 heterocycles. The second-order valence-corrected chi connectivity index (χ2v) is 14.2. The Kier molecular flexibility index (Phi) is 10.8. The van der Waals surface area contributed by atoms with Crippen molar-refractivity contribution in [2.45, 2.75) is 58.2 Å². The molecular weight excluding hydrogens is 602 g/mol. The lowest BCUT2D eigenvalue weighted by molar-refractivity contribution is -0.142. The van der Waals surface area contributed by atoms with E-state index in [9.17, 15) is 18.0 Å². The van der Waals surface area contributed by atoms with Crippen molar-refractivity contribution in [3.8, 4) is 11.5 Å². The lowest BCUT2D eigenvalue weighted by Gasteiger charge is -2.34. The van der Waals surface area contributed by atoms with Gasteiger partial charge < -0.3 is 19.7 Å². The van der Waals surface area contributed by atoms with Gasteiger partial charge in [-0.25, -0.2) is 8.42 Å². The minimum absolute atomic E-state index is 0.0260. The highest BCUT2D eigenvalue weighted by molar-refractivity contribution is 7.92. The van der Waals surface area contributed by atoms with E-state index in [1.54, 1.807) is 35.2 Å². The fourth-order valence-corrected chi connectivity index (χ4v) is 6.07. The van der Waals surface area contributed by atoms with Crippen LogP contribution in [-0.2, 0) is 32.6 Å². The molecule has 0 saturated carbocycles. The number of fused-ring (bicyclic) bond motifs is 1. The topological polar surface area (TPSA) is 105 Å². The van der Waals surface area contributed by atoms with Crippen LogP contribution in [0.4, 0.5) is 5.69 Å². The molecule has 0 bridgehead atoms. The van der Waals surface area contributed by atoms with Crippen LogP contribution < -0.4 is 19.1 Å². The standard InChI is InChI=1S/C33H40ClN3O6S/c1-33(2,3)35-32(39)28(21-24-9-6-5-7-10-24)36(23-25-12-14-26(34)15-13-25)31(38)11-8-18-37(44(4,40)41)27-16-17-29-30(22-27)43-20-19-42-29/h5-7,9-10,12-17,22,28H,8,11,18-21,23H2,1-4H3,(H,35,39). The van der Waals surface area contributed by atoms with Gasteiger partial charge in [0.05, 0.1) is 11.9 Å². The number of rotatable bonds is 12. The van der Waals surface area contributed by atoms with Crippen LogP contribution in [-0.4, -0.2) is 62.7 Å². The minimum Gasteiger partial charge on any atom is -0.486 e. The fraction of sp³-hybridized carbons (Fsp3) is 0.394. The molecule has 1 aliphatic rings. The van der Waals surface area contributed by atoms with Crippen molar-refractivity contribution in [1.82, 2.24) is 10.2 Å². The van der Waals surface area contributed by atoms with Gasteiger partial charge in [0.2, 0.25) is 21.8 Å². The van der Waals surface area contributed by atoms with Crippen LogP contribution in [0.25, 0.3) is 0 Å². The molecule has 9 nitrogen and oxygen atoms in total. The summed E-state index contributed by atoms with van der Waals surface area (Å²) < 4.78 is 38.1. The number of nitrogens with zero attached hydrogens (tertiary/aromatic N) is 2. The molecular formula is C33H40ClN3O6S. The molecule has 3 aromatic carbocycles. The smallest absolute Gasteiger partial charge is 0.243 e. The number of halogens is 1. The normalized spacial score (nSPS) is 13.6. The summed E-state index contributed by atoms with van der Waals surface area (Å²) >= 11 is 6.12. The molecule has 1 aliphatic heterocycles. The van der Waals surface area contributed by atoms with E-state index in [2.05, 4.69) is 5.32 Å². The van der Waals surface area contributed by atoms with Crippen molar-refractivity contribution in [2.24, 2.45) is 0 Å². The van der Waals surface area contributed by atoms with Gasteiger partial charge in [0.25, 0.3) is 0 Å². The Morgan fingerprint density at radius 1 is 0.932 bits per heavy atom. The molecule has 0 aromatic heterocycles. The Bertz CT molecular complexity index is 1540. The Morgan fingerprint density at radius 2 is 1.59 bits per heavy atom. The molecule has 0 spiro atoms. The number of amides is 2. The largest absolute Gasteiger partial charge is 0.486 e. The van der Waals surface area contributed by atoms with Gasteiger partial charge in [0.1, 0.15) is 19.3 Å². The molecule has 4 rings (SSSR count). The van der Waals surface area contributed by atoms with Crippen molar-refractivity contribution < 1.29 is 27.5 Å². The summed E-state index contributed by atoms with van der Waals surface area (Å²) in [6.07, 6.45) is 1.70. The van der Waals surface area contributed by atoms with Gasteiger partial charge in [-0.2, -0.15) is 0 Å². The van der Waals surface area contributed by atoms with Gasteiger partial charge in [-0.1, -0.05) is 54.1 Å². The molecule has 0 aliphatic carbocycles. The van der Waals surface area contributed by atoms with Crippen LogP contribution in [0.15, 0.2) is 72.8 Å². The molecule has 1 unspecified atom stereocenters. The summed E-state index contributed by atoms with van der Waals surface area (Å²) in [5.74, 6) is 0.499. The zero-order valence-corrected chi connectivity index (χ0v) is 27.2. The Labute approximate surface area is 265 Å². The van der Waals surface area contributed by atoms with E-state index >= 15 is 0 Å². The summed E-state index contributed by atoms with van der Waals surface area (Å²) in [7, 11) is -3.67. The van der Waals surface area contributed by atoms with Gasteiger partial charge in [0, 0.05) is 42.6 Å². The van der Waals surface area contributed by atoms with Gasteiger partial charge in [-0.15, -0.1) is 0 Å². The van der Waals surface area contributed by atoms with Crippen molar-refractivity contribution in [3.05, 3.63) is 88.9 Å². The minimum atomic E-state index is -3.67. The second-order valence-electron chi connectivity index (χ2n) is 11.9. The molecule has 1 N–H and O–H groups in total. The van der Waals surface area contributed by atoms with Crippen LogP contribution in [0, 0.1) is 0 Å². The molecule has 236 valence electrons. The van der Waals surface area contributed by atoms with E-state index < -0.39 is 21.6 Å². The third-order valence-corrected chi connectivity index (χ3v) is 8.45. The van der Waals surface area contributed by atoms with E-state index in [0.29, 0.717) is 41.8 Å². The third kappa shape index (κ3) is 9.37. The number of ether oxygens (including phenoxy) is 2. The van der Waals surface area contributed by atoms with Crippen molar-refractivity contribution in [2.75, 3.05) is 30.3 Å². The van der Waals surface area contributed by atoms with E-state index in [0.717, 1.165) is 17.4 Å². The average Bonchev–Trinajstić information content (AvgIpc) is 2.96. The van der Waals surface area contributed by atoms with Crippen molar-refractivity contribution >= 4 is 39.1 Å². The van der Waals surface area contributed by atoms with Crippen LogP contribution in [0.1, 0.15) is 44.7 Å². The summed E-state index contributed by atoms with van der Waals surface area (Å²) in [4.78, 5) is 29.3. The van der Waals surface area contributed by atoms with Gasteiger partial charge in [0.15, 0.2) is 11.5 Å². The molecule has 11 heteroatoms. The molecule has 0 fully saturated rings. The van der Waals surface area contributed by atoms with E-state index in [-0.39, 0.29) is 37.7 Å². The summed E-state index contributed by atoms with van der Waals surface area (Å²) in [5, 5.41) is 3.61. The Morgan fingerprint density at radius 3 is 2.23 bits per heavy atom. The Balaban J connectivity index is 1.58. The van der Waals surface area contributed by atoms with E-state index in [1.807, 2.05) is 63.2 Å². The number of benzene rings is 3. The van der Waals surface area contributed by atoms with Crippen LogP contribution in [0.2, 0.25) is 5.02 Å². The summed E-state index contributed by atoms with van der Waals surface area (Å²) in [6.45, 7) is 6.74. The number of nitrogens with one attached hydrogen (secondary N) is 1. The predicted octanol–water partition coefficient (Wildman–Crippen LogP) is 5.21. The van der Waals surface area contributed by atoms with Crippen molar-refractivity contribution in [3.63, 3.8) is 0 Å². The number of sulfonamides is 1. The molecule has 0 saturated heterocycles. The summed E-state index contributed by atoms with van der Waals surface area (Å²) in [6, 6.07) is 20.9. The zero-order chi connectivity index (χ0) is 31.9. The number of hydrogen-bond donors (Lipinski definition) is 1. The average molecular weight is 642 g/mol. The molecule has 3 aromatic rings. The number of anilines is 1. The Hall–Kier alpha value is -3.76. The SMILES string of the molecule is CC(C)(C)NC(=O)C(Cc1ccccc1)N(Cc1ccc(Cl)cc1)C(=O)CCCN(c1ccc2c(c1)OCCO2)S(C)(=O)=O. The lowest BCUT2D eigenvalue weighted by Crippen LogP contribution is -2.54. The highest BCUT2D eigenvalue weighted by Crippen LogP contribution is 2.35. The fourth-order valence-electron chi connectivity index (χ4n) is 4.98. The zero-order valence-electron chi connectivity index (χ0n) is 25.6. The predicted molar refractivity (Wildman–Crippen MR) is 173 cm³/mol. The van der Waals surface area contributed by atoms with Crippen LogP contribution in [0.3, 0.4) is 0 Å². The molecule has 0 radical (unpaired) electrons. The molecule has 1 atom stereocenters. The monoisotopic (exact) mass is 641 g/mol. The number of carbonyl (C=O) groups is 2. The maximum absolute atomic E-state index is 14.0. The van der Waals surface area contributed by atoms with E-state index in [1.165, 1.54) is 4.31 Å². The van der Waals surface area contributed by atoms with Gasteiger partial charge in [-0.05, 0) is 62.6 Å². The van der Waals surface area contributed by atoms with Crippen LogP contribution >= 0.6 is 11.6 Å². The lowest BCUT2D eigenvalue weighted by atomic mass is 10.00. The molecule has 44 heavy (non-hydrogen) atoms. The maximum Gasteiger partial charge on any atom is 0.243 e. The first kappa shape index (κ1) is 33.1. The van der Waals surface area contributed by atoms with Crippen LogP contribution in [0.5, 0.6) is 11.5 Å². The number of carbonyl (C=O) groups excluding carboxylic acids is 2. The maximum atomic E-state index is 14.0. The third-order valence-electron chi connectivity index (χ3n) is 7.00. The highest BCUT2D eigenvalue weighted by atomic mass is 35.5. The first-order chi connectivity index (χ1) is 20.8. The van der Waals surface area contributed by atoms with Gasteiger partial charge >= 0.3 is 0 Å². The first-order valence-corrected chi connectivity index (χ1v) is 16.8. The highest BCUT2D eigenvalue weighted by Gasteiger charge is 2.32.